The second-order valence-corrected chi connectivity index (χ2v) is 6.07. The summed E-state index contributed by atoms with van der Waals surface area (Å²) in [4.78, 5) is 3.78. The Morgan fingerprint density at radius 2 is 2.05 bits per heavy atom. The van der Waals surface area contributed by atoms with E-state index in [0.717, 1.165) is 12.1 Å². The lowest BCUT2D eigenvalue weighted by Gasteiger charge is -2.08. The van der Waals surface area contributed by atoms with Crippen molar-refractivity contribution in [3.05, 3.63) is 47.9 Å². The van der Waals surface area contributed by atoms with Crippen molar-refractivity contribution < 1.29 is 17.5 Å². The first kappa shape index (κ1) is 14.3. The van der Waals surface area contributed by atoms with E-state index in [0.29, 0.717) is 11.6 Å². The fourth-order valence-corrected chi connectivity index (χ4v) is 3.13. The average Bonchev–Trinajstić information content (AvgIpc) is 2.41. The molecule has 2 N–H and O–H groups in total. The van der Waals surface area contributed by atoms with Gasteiger partial charge in [-0.2, -0.15) is 0 Å². The average molecular weight is 296 g/mol. The SMILES string of the molecule is COc1cccc(CS(=O)(=O)c2cc(F)ccc2N)n1. The van der Waals surface area contributed by atoms with Crippen LogP contribution in [0, 0.1) is 5.82 Å². The van der Waals surface area contributed by atoms with E-state index in [4.69, 9.17) is 10.5 Å². The third kappa shape index (κ3) is 3.05. The number of methoxy groups -OCH3 is 1. The molecule has 0 unspecified atom stereocenters. The summed E-state index contributed by atoms with van der Waals surface area (Å²) in [5, 5.41) is 0. The first-order valence-corrected chi connectivity index (χ1v) is 7.35. The molecule has 0 amide bonds. The second kappa shape index (κ2) is 5.46. The highest BCUT2D eigenvalue weighted by Gasteiger charge is 2.20. The van der Waals surface area contributed by atoms with Crippen molar-refractivity contribution in [1.29, 1.82) is 0 Å². The molecule has 1 aromatic carbocycles. The third-order valence-electron chi connectivity index (χ3n) is 2.64. The van der Waals surface area contributed by atoms with Crippen LogP contribution in [0.1, 0.15) is 5.69 Å². The van der Waals surface area contributed by atoms with Crippen molar-refractivity contribution in [1.82, 2.24) is 4.98 Å². The highest BCUT2D eigenvalue weighted by molar-refractivity contribution is 7.90. The number of nitrogen functional groups attached to an aromatic ring is 1. The van der Waals surface area contributed by atoms with Gasteiger partial charge in [0.25, 0.3) is 0 Å². The molecule has 0 aliphatic rings. The first-order valence-electron chi connectivity index (χ1n) is 5.70. The van der Waals surface area contributed by atoms with Crippen molar-refractivity contribution in [2.24, 2.45) is 0 Å². The Hall–Kier alpha value is -2.15. The number of nitrogens with zero attached hydrogens (tertiary/aromatic N) is 1. The van der Waals surface area contributed by atoms with E-state index in [9.17, 15) is 12.8 Å². The van der Waals surface area contributed by atoms with E-state index in [1.54, 1.807) is 18.2 Å². The molecule has 7 heteroatoms. The van der Waals surface area contributed by atoms with Crippen molar-refractivity contribution in [2.45, 2.75) is 10.6 Å². The molecule has 0 fully saturated rings. The van der Waals surface area contributed by atoms with Crippen molar-refractivity contribution in [2.75, 3.05) is 12.8 Å². The molecule has 20 heavy (non-hydrogen) atoms. The van der Waals surface area contributed by atoms with E-state index in [1.807, 2.05) is 0 Å². The molecule has 0 saturated heterocycles. The Balaban J connectivity index is 2.38. The fraction of sp³-hybridized carbons (Fsp3) is 0.154. The number of benzene rings is 1. The first-order chi connectivity index (χ1) is 9.42. The molecule has 0 radical (unpaired) electrons. The van der Waals surface area contributed by atoms with Crippen LogP contribution in [0.2, 0.25) is 0 Å². The molecule has 2 rings (SSSR count). The summed E-state index contributed by atoms with van der Waals surface area (Å²) in [7, 11) is -2.34. The number of anilines is 1. The molecular weight excluding hydrogens is 283 g/mol. The lowest BCUT2D eigenvalue weighted by molar-refractivity contribution is 0.396. The maximum absolute atomic E-state index is 13.2. The van der Waals surface area contributed by atoms with Gasteiger partial charge in [0.05, 0.1) is 29.1 Å². The summed E-state index contributed by atoms with van der Waals surface area (Å²) in [6.45, 7) is 0. The summed E-state index contributed by atoms with van der Waals surface area (Å²) in [5.74, 6) is -0.723. The quantitative estimate of drug-likeness (QED) is 0.870. The van der Waals surface area contributed by atoms with Crippen LogP contribution in [0.5, 0.6) is 5.88 Å². The number of sulfone groups is 1. The van der Waals surface area contributed by atoms with Gasteiger partial charge >= 0.3 is 0 Å². The molecule has 106 valence electrons. The van der Waals surface area contributed by atoms with Gasteiger partial charge < -0.3 is 10.5 Å². The van der Waals surface area contributed by atoms with Crippen molar-refractivity contribution in [3.8, 4) is 5.88 Å². The standard InChI is InChI=1S/C13H13FN2O3S/c1-19-13-4-2-3-10(16-13)8-20(17,18)12-7-9(14)5-6-11(12)15/h2-7H,8,15H2,1H3. The minimum atomic E-state index is -3.77. The topological polar surface area (TPSA) is 82.3 Å². The molecular formula is C13H13FN2O3S. The number of rotatable bonds is 4. The molecule has 0 aliphatic heterocycles. The fourth-order valence-electron chi connectivity index (χ4n) is 1.70. The zero-order valence-electron chi connectivity index (χ0n) is 10.7. The van der Waals surface area contributed by atoms with Crippen LogP contribution in [0.4, 0.5) is 10.1 Å². The number of aromatic nitrogens is 1. The summed E-state index contributed by atoms with van der Waals surface area (Å²) in [6, 6.07) is 8.03. The van der Waals surface area contributed by atoms with Gasteiger partial charge in [-0.05, 0) is 24.3 Å². The minimum absolute atomic E-state index is 0.00861. The largest absolute Gasteiger partial charge is 0.481 e. The zero-order chi connectivity index (χ0) is 14.8. The molecule has 0 bridgehead atoms. The summed E-state index contributed by atoms with van der Waals surface area (Å²) >= 11 is 0. The number of pyridine rings is 1. The zero-order valence-corrected chi connectivity index (χ0v) is 11.5. The molecule has 0 spiro atoms. The number of nitrogens with two attached hydrogens (primary N) is 1. The Bertz CT molecular complexity index is 732. The van der Waals surface area contributed by atoms with Gasteiger partial charge in [0.2, 0.25) is 5.88 Å². The molecule has 1 heterocycles. The third-order valence-corrected chi connectivity index (χ3v) is 4.34. The van der Waals surface area contributed by atoms with E-state index >= 15 is 0 Å². The monoisotopic (exact) mass is 296 g/mol. The normalized spacial score (nSPS) is 11.3. The predicted octanol–water partition coefficient (Wildman–Crippen LogP) is 1.79. The minimum Gasteiger partial charge on any atom is -0.481 e. The van der Waals surface area contributed by atoms with E-state index in [2.05, 4.69) is 4.98 Å². The van der Waals surface area contributed by atoms with Gasteiger partial charge in [0.1, 0.15) is 5.82 Å². The molecule has 1 aromatic heterocycles. The Kier molecular flexibility index (Phi) is 3.89. The van der Waals surface area contributed by atoms with E-state index in [1.165, 1.54) is 13.2 Å². The van der Waals surface area contributed by atoms with Crippen LogP contribution in [-0.4, -0.2) is 20.5 Å². The van der Waals surface area contributed by atoms with Crippen LogP contribution >= 0.6 is 0 Å². The maximum Gasteiger partial charge on any atom is 0.213 e. The summed E-state index contributed by atoms with van der Waals surface area (Å²) in [5.41, 5.74) is 5.90. The van der Waals surface area contributed by atoms with Gasteiger partial charge in [-0.15, -0.1) is 0 Å². The highest BCUT2D eigenvalue weighted by atomic mass is 32.2. The van der Waals surface area contributed by atoms with Crippen molar-refractivity contribution in [3.63, 3.8) is 0 Å². The van der Waals surface area contributed by atoms with Crippen LogP contribution in [0.3, 0.4) is 0 Å². The number of ether oxygens (including phenoxy) is 1. The Morgan fingerprint density at radius 3 is 2.75 bits per heavy atom. The number of hydrogen-bond acceptors (Lipinski definition) is 5. The summed E-state index contributed by atoms with van der Waals surface area (Å²) < 4.78 is 42.6. The lowest BCUT2D eigenvalue weighted by Crippen LogP contribution is -2.09. The van der Waals surface area contributed by atoms with Gasteiger partial charge in [-0.25, -0.2) is 17.8 Å². The molecule has 0 saturated carbocycles. The molecule has 0 aliphatic carbocycles. The second-order valence-electron chi connectivity index (χ2n) is 4.11. The molecule has 2 aromatic rings. The van der Waals surface area contributed by atoms with Crippen LogP contribution in [0.25, 0.3) is 0 Å². The van der Waals surface area contributed by atoms with E-state index in [-0.39, 0.29) is 16.3 Å². The lowest BCUT2D eigenvalue weighted by atomic mass is 10.3. The van der Waals surface area contributed by atoms with Gasteiger partial charge in [0.15, 0.2) is 9.84 Å². The number of halogens is 1. The van der Waals surface area contributed by atoms with Crippen molar-refractivity contribution >= 4 is 15.5 Å². The highest BCUT2D eigenvalue weighted by Crippen LogP contribution is 2.23. The number of hydrogen-bond donors (Lipinski definition) is 1. The van der Waals surface area contributed by atoms with Crippen LogP contribution in [-0.2, 0) is 15.6 Å². The maximum atomic E-state index is 13.2. The van der Waals surface area contributed by atoms with Crippen LogP contribution < -0.4 is 10.5 Å². The van der Waals surface area contributed by atoms with Crippen LogP contribution in [0.15, 0.2) is 41.3 Å². The Morgan fingerprint density at radius 1 is 1.30 bits per heavy atom. The predicted molar refractivity (Wildman–Crippen MR) is 72.5 cm³/mol. The molecule has 5 nitrogen and oxygen atoms in total. The Labute approximate surface area is 116 Å². The summed E-state index contributed by atoms with van der Waals surface area (Å²) in [6.07, 6.45) is 0. The van der Waals surface area contributed by atoms with Gasteiger partial charge in [0, 0.05) is 6.07 Å². The molecule has 0 atom stereocenters. The van der Waals surface area contributed by atoms with E-state index < -0.39 is 15.7 Å². The van der Waals surface area contributed by atoms with Gasteiger partial charge in [-0.3, -0.25) is 0 Å². The van der Waals surface area contributed by atoms with Gasteiger partial charge in [-0.1, -0.05) is 6.07 Å². The smallest absolute Gasteiger partial charge is 0.213 e.